The number of para-hydroxylation sites is 1. The maximum atomic E-state index is 11.4. The first-order chi connectivity index (χ1) is 7.11. The second kappa shape index (κ2) is 3.47. The number of nitrogens with one attached hydrogen (secondary N) is 1. The van der Waals surface area contributed by atoms with Crippen molar-refractivity contribution in [2.24, 2.45) is 0 Å². The van der Waals surface area contributed by atoms with Gasteiger partial charge in [-0.05, 0) is 20.2 Å². The van der Waals surface area contributed by atoms with Crippen molar-refractivity contribution in [3.8, 4) is 5.75 Å². The van der Waals surface area contributed by atoms with Gasteiger partial charge in [0.1, 0.15) is 11.5 Å². The largest absolute Gasteiger partial charge is 0.422 e. The van der Waals surface area contributed by atoms with Gasteiger partial charge < -0.3 is 4.74 Å². The van der Waals surface area contributed by atoms with Gasteiger partial charge in [-0.15, -0.1) is 0 Å². The second-order valence-electron chi connectivity index (χ2n) is 3.71. The number of hydrogen-bond donors (Lipinski definition) is 1. The van der Waals surface area contributed by atoms with Crippen LogP contribution in [0, 0.1) is 5.41 Å². The minimum Gasteiger partial charge on any atom is -0.422 e. The predicted molar refractivity (Wildman–Crippen MR) is 56.2 cm³/mol. The third-order valence-corrected chi connectivity index (χ3v) is 2.43. The minimum absolute atomic E-state index is 0.0151. The molecule has 2 rings (SSSR count). The molecule has 1 aromatic rings. The fourth-order valence-corrected chi connectivity index (χ4v) is 1.76. The van der Waals surface area contributed by atoms with Gasteiger partial charge in [-0.3, -0.25) is 10.3 Å². The average Bonchev–Trinajstić information content (AvgIpc) is 2.19. The summed E-state index contributed by atoms with van der Waals surface area (Å²) in [4.78, 5) is 13.2. The van der Waals surface area contributed by atoms with Crippen molar-refractivity contribution in [3.63, 3.8) is 0 Å². The molecule has 1 N–H and O–H groups in total. The molecule has 4 nitrogen and oxygen atoms in total. The highest BCUT2D eigenvalue weighted by atomic mass is 16.5. The lowest BCUT2D eigenvalue weighted by Crippen LogP contribution is -2.38. The number of benzene rings is 1. The van der Waals surface area contributed by atoms with E-state index in [4.69, 9.17) is 10.1 Å². The smallest absolute Gasteiger partial charge is 0.359 e. The van der Waals surface area contributed by atoms with Gasteiger partial charge in [-0.2, -0.15) is 0 Å². The average molecular weight is 204 g/mol. The molecule has 0 radical (unpaired) electrons. The zero-order chi connectivity index (χ0) is 11.0. The molecule has 15 heavy (non-hydrogen) atoms. The van der Waals surface area contributed by atoms with E-state index in [0.717, 1.165) is 5.56 Å². The van der Waals surface area contributed by atoms with Gasteiger partial charge in [-0.25, -0.2) is 4.79 Å². The Labute approximate surface area is 88.0 Å². The normalized spacial score (nSPS) is 20.1. The van der Waals surface area contributed by atoms with Crippen LogP contribution in [-0.4, -0.2) is 30.7 Å². The molecule has 1 heterocycles. The molecule has 0 amide bonds. The molecule has 4 heteroatoms. The number of rotatable bonds is 1. The van der Waals surface area contributed by atoms with E-state index in [9.17, 15) is 4.79 Å². The first-order valence-electron chi connectivity index (χ1n) is 4.67. The Hall–Kier alpha value is -1.68. The van der Waals surface area contributed by atoms with E-state index in [-0.39, 0.29) is 11.8 Å². The van der Waals surface area contributed by atoms with E-state index in [1.807, 2.05) is 37.2 Å². The molecule has 0 spiro atoms. The number of esters is 1. The maximum Gasteiger partial charge on any atom is 0.359 e. The number of carbonyl (C=O) groups excluding carboxylic acids is 1. The van der Waals surface area contributed by atoms with Gasteiger partial charge in [0.15, 0.2) is 0 Å². The topological polar surface area (TPSA) is 53.4 Å². The van der Waals surface area contributed by atoms with E-state index in [0.29, 0.717) is 5.75 Å². The Morgan fingerprint density at radius 1 is 1.33 bits per heavy atom. The number of fused-ring (bicyclic) bond motifs is 1. The van der Waals surface area contributed by atoms with Crippen molar-refractivity contribution >= 4 is 11.7 Å². The number of nitrogens with zero attached hydrogens (tertiary/aromatic N) is 1. The molecular formula is C11H12N2O2. The van der Waals surface area contributed by atoms with Crippen LogP contribution >= 0.6 is 0 Å². The van der Waals surface area contributed by atoms with Crippen LogP contribution in [0.4, 0.5) is 0 Å². The molecule has 0 aromatic heterocycles. The first kappa shape index (κ1) is 9.86. The van der Waals surface area contributed by atoms with Crippen LogP contribution < -0.4 is 4.74 Å². The minimum atomic E-state index is -0.563. The molecule has 0 saturated carbocycles. The predicted octanol–water partition coefficient (Wildman–Crippen LogP) is 1.23. The first-order valence-corrected chi connectivity index (χ1v) is 4.67. The molecule has 1 aromatic carbocycles. The fraction of sp³-hybridized carbons (Fsp3) is 0.273. The van der Waals surface area contributed by atoms with Crippen LogP contribution in [0.2, 0.25) is 0 Å². The van der Waals surface area contributed by atoms with Gasteiger partial charge in [0, 0.05) is 5.56 Å². The molecule has 0 bridgehead atoms. The SMILES string of the molecule is CN(C)C1C(=N)C(=O)Oc2ccccc21. The van der Waals surface area contributed by atoms with Crippen molar-refractivity contribution in [2.75, 3.05) is 14.1 Å². The van der Waals surface area contributed by atoms with E-state index in [2.05, 4.69) is 0 Å². The Kier molecular flexibility index (Phi) is 2.28. The van der Waals surface area contributed by atoms with Crippen molar-refractivity contribution < 1.29 is 9.53 Å². The van der Waals surface area contributed by atoms with Crippen LogP contribution in [0.1, 0.15) is 11.6 Å². The highest BCUT2D eigenvalue weighted by Crippen LogP contribution is 2.32. The summed E-state index contributed by atoms with van der Waals surface area (Å²) < 4.78 is 5.03. The third kappa shape index (κ3) is 1.53. The summed E-state index contributed by atoms with van der Waals surface area (Å²) in [6.45, 7) is 0. The fourth-order valence-electron chi connectivity index (χ4n) is 1.76. The zero-order valence-electron chi connectivity index (χ0n) is 8.65. The van der Waals surface area contributed by atoms with Crippen LogP contribution in [-0.2, 0) is 4.79 Å². The molecule has 1 unspecified atom stereocenters. The van der Waals surface area contributed by atoms with Crippen LogP contribution in [0.3, 0.4) is 0 Å². The monoisotopic (exact) mass is 204 g/mol. The van der Waals surface area contributed by atoms with E-state index in [1.54, 1.807) is 6.07 Å². The molecule has 1 aliphatic heterocycles. The summed E-state index contributed by atoms with van der Waals surface area (Å²) in [6.07, 6.45) is 0. The van der Waals surface area contributed by atoms with Crippen molar-refractivity contribution in [2.45, 2.75) is 6.04 Å². The lowest BCUT2D eigenvalue weighted by Gasteiger charge is -2.29. The number of ether oxygens (including phenoxy) is 1. The lowest BCUT2D eigenvalue weighted by atomic mass is 9.98. The number of carbonyl (C=O) groups is 1. The molecule has 0 aliphatic carbocycles. The van der Waals surface area contributed by atoms with E-state index in [1.165, 1.54) is 0 Å². The Balaban J connectivity index is 2.54. The summed E-state index contributed by atoms with van der Waals surface area (Å²) in [5, 5.41) is 7.70. The highest BCUT2D eigenvalue weighted by Gasteiger charge is 2.33. The maximum absolute atomic E-state index is 11.4. The summed E-state index contributed by atoms with van der Waals surface area (Å²) in [5.74, 6) is -0.00963. The highest BCUT2D eigenvalue weighted by molar-refractivity contribution is 6.38. The zero-order valence-corrected chi connectivity index (χ0v) is 8.65. The summed E-state index contributed by atoms with van der Waals surface area (Å²) in [6, 6.07) is 7.01. The van der Waals surface area contributed by atoms with Crippen LogP contribution in [0.5, 0.6) is 5.75 Å². The van der Waals surface area contributed by atoms with Gasteiger partial charge >= 0.3 is 5.97 Å². The summed E-state index contributed by atoms with van der Waals surface area (Å²) in [7, 11) is 3.68. The molecule has 0 fully saturated rings. The second-order valence-corrected chi connectivity index (χ2v) is 3.71. The molecule has 1 atom stereocenters. The molecule has 0 saturated heterocycles. The van der Waals surface area contributed by atoms with Crippen LogP contribution in [0.15, 0.2) is 24.3 Å². The Morgan fingerprint density at radius 3 is 2.67 bits per heavy atom. The van der Waals surface area contributed by atoms with E-state index >= 15 is 0 Å². The Morgan fingerprint density at radius 2 is 2.00 bits per heavy atom. The van der Waals surface area contributed by atoms with Gasteiger partial charge in [0.2, 0.25) is 0 Å². The number of hydrogen-bond acceptors (Lipinski definition) is 4. The van der Waals surface area contributed by atoms with Crippen molar-refractivity contribution in [1.82, 2.24) is 4.90 Å². The molecular weight excluding hydrogens is 192 g/mol. The van der Waals surface area contributed by atoms with Gasteiger partial charge in [0.25, 0.3) is 0 Å². The van der Waals surface area contributed by atoms with Crippen LogP contribution in [0.25, 0.3) is 0 Å². The standard InChI is InChI=1S/C11H12N2O2/c1-13(2)10-7-5-3-4-6-8(7)15-11(14)9(10)12/h3-6,10,12H,1-2H3. The summed E-state index contributed by atoms with van der Waals surface area (Å²) >= 11 is 0. The van der Waals surface area contributed by atoms with Gasteiger partial charge in [-0.1, -0.05) is 18.2 Å². The Bertz CT molecular complexity index is 426. The van der Waals surface area contributed by atoms with Crippen molar-refractivity contribution in [3.05, 3.63) is 29.8 Å². The quantitative estimate of drug-likeness (QED) is 0.553. The van der Waals surface area contributed by atoms with Gasteiger partial charge in [0.05, 0.1) is 6.04 Å². The van der Waals surface area contributed by atoms with E-state index < -0.39 is 5.97 Å². The molecule has 78 valence electrons. The summed E-state index contributed by atoms with van der Waals surface area (Å²) in [5.41, 5.74) is 0.853. The van der Waals surface area contributed by atoms with Crippen molar-refractivity contribution in [1.29, 1.82) is 5.41 Å². The molecule has 1 aliphatic rings. The lowest BCUT2D eigenvalue weighted by molar-refractivity contribution is -0.128. The third-order valence-electron chi connectivity index (χ3n) is 2.43.